The zero-order valence-corrected chi connectivity index (χ0v) is 14.2. The molecule has 0 aromatic heterocycles. The largest absolute Gasteiger partial charge is 0.480 e. The summed E-state index contributed by atoms with van der Waals surface area (Å²) in [5, 5.41) is 9.16. The minimum absolute atomic E-state index is 0.0277. The fraction of sp³-hybridized carbons (Fsp3) is 0.562. The Morgan fingerprint density at radius 2 is 1.87 bits per heavy atom. The summed E-state index contributed by atoms with van der Waals surface area (Å²) in [6.07, 6.45) is 1.33. The molecule has 0 atom stereocenters. The van der Waals surface area contributed by atoms with Crippen LogP contribution in [0.1, 0.15) is 25.3 Å². The van der Waals surface area contributed by atoms with Gasteiger partial charge in [0.2, 0.25) is 10.0 Å². The van der Waals surface area contributed by atoms with Crippen molar-refractivity contribution in [3.63, 3.8) is 0 Å². The Balaban J connectivity index is 2.02. The zero-order chi connectivity index (χ0) is 16.9. The SMILES string of the molecule is CCS(=O)(=O)N1CCC(N(CC(=O)O)Cc2ccccc2)CC1. The molecule has 23 heavy (non-hydrogen) atoms. The highest BCUT2D eigenvalue weighted by Crippen LogP contribution is 2.21. The second-order valence-corrected chi connectivity index (χ2v) is 8.07. The summed E-state index contributed by atoms with van der Waals surface area (Å²) in [6.45, 7) is 3.11. The van der Waals surface area contributed by atoms with Gasteiger partial charge in [-0.2, -0.15) is 0 Å². The van der Waals surface area contributed by atoms with Crippen molar-refractivity contribution in [3.05, 3.63) is 35.9 Å². The highest BCUT2D eigenvalue weighted by molar-refractivity contribution is 7.89. The van der Waals surface area contributed by atoms with Gasteiger partial charge in [0.1, 0.15) is 0 Å². The maximum atomic E-state index is 11.9. The van der Waals surface area contributed by atoms with Crippen molar-refractivity contribution >= 4 is 16.0 Å². The smallest absolute Gasteiger partial charge is 0.317 e. The molecule has 2 rings (SSSR count). The lowest BCUT2D eigenvalue weighted by Crippen LogP contribution is -2.48. The summed E-state index contributed by atoms with van der Waals surface area (Å²) in [7, 11) is -3.15. The van der Waals surface area contributed by atoms with E-state index in [9.17, 15) is 13.2 Å². The van der Waals surface area contributed by atoms with Crippen LogP contribution >= 0.6 is 0 Å². The Morgan fingerprint density at radius 3 is 2.39 bits per heavy atom. The van der Waals surface area contributed by atoms with E-state index in [4.69, 9.17) is 5.11 Å². The van der Waals surface area contributed by atoms with Gasteiger partial charge in [0.15, 0.2) is 0 Å². The van der Waals surface area contributed by atoms with E-state index in [1.807, 2.05) is 35.2 Å². The average Bonchev–Trinajstić information content (AvgIpc) is 2.55. The quantitative estimate of drug-likeness (QED) is 0.811. The molecule has 0 saturated carbocycles. The topological polar surface area (TPSA) is 77.9 Å². The lowest BCUT2D eigenvalue weighted by molar-refractivity contribution is -0.139. The van der Waals surface area contributed by atoms with Crippen molar-refractivity contribution in [2.75, 3.05) is 25.4 Å². The van der Waals surface area contributed by atoms with Crippen LogP contribution in [0.3, 0.4) is 0 Å². The van der Waals surface area contributed by atoms with E-state index in [0.29, 0.717) is 32.5 Å². The van der Waals surface area contributed by atoms with Gasteiger partial charge in [0.25, 0.3) is 0 Å². The predicted octanol–water partition coefficient (Wildman–Crippen LogP) is 1.39. The van der Waals surface area contributed by atoms with Gasteiger partial charge >= 0.3 is 5.97 Å². The van der Waals surface area contributed by atoms with Crippen LogP contribution in [0.2, 0.25) is 0 Å². The first kappa shape index (κ1) is 17.9. The molecule has 1 N–H and O–H groups in total. The van der Waals surface area contributed by atoms with Crippen molar-refractivity contribution < 1.29 is 18.3 Å². The van der Waals surface area contributed by atoms with Crippen molar-refractivity contribution in [1.29, 1.82) is 0 Å². The van der Waals surface area contributed by atoms with Gasteiger partial charge in [-0.05, 0) is 25.3 Å². The number of sulfonamides is 1. The van der Waals surface area contributed by atoms with Gasteiger partial charge in [-0.25, -0.2) is 12.7 Å². The van der Waals surface area contributed by atoms with Crippen LogP contribution < -0.4 is 0 Å². The fourth-order valence-electron chi connectivity index (χ4n) is 2.97. The molecule has 1 saturated heterocycles. The summed E-state index contributed by atoms with van der Waals surface area (Å²) < 4.78 is 25.4. The first-order chi connectivity index (χ1) is 10.9. The van der Waals surface area contributed by atoms with Crippen molar-refractivity contribution in [2.24, 2.45) is 0 Å². The summed E-state index contributed by atoms with van der Waals surface area (Å²) >= 11 is 0. The first-order valence-electron chi connectivity index (χ1n) is 7.90. The number of hydrogen-bond acceptors (Lipinski definition) is 4. The first-order valence-corrected chi connectivity index (χ1v) is 9.51. The van der Waals surface area contributed by atoms with Crippen molar-refractivity contribution in [1.82, 2.24) is 9.21 Å². The van der Waals surface area contributed by atoms with Crippen molar-refractivity contribution in [3.8, 4) is 0 Å². The number of carbonyl (C=O) groups is 1. The van der Waals surface area contributed by atoms with Gasteiger partial charge in [0.05, 0.1) is 12.3 Å². The molecule has 1 fully saturated rings. The Labute approximate surface area is 137 Å². The molecule has 6 nitrogen and oxygen atoms in total. The minimum Gasteiger partial charge on any atom is -0.480 e. The highest BCUT2D eigenvalue weighted by atomic mass is 32.2. The van der Waals surface area contributed by atoms with E-state index in [1.165, 1.54) is 4.31 Å². The minimum atomic E-state index is -3.15. The number of aliphatic carboxylic acids is 1. The lowest BCUT2D eigenvalue weighted by Gasteiger charge is -2.37. The maximum Gasteiger partial charge on any atom is 0.317 e. The highest BCUT2D eigenvalue weighted by Gasteiger charge is 2.30. The molecule has 1 aliphatic heterocycles. The van der Waals surface area contributed by atoms with Gasteiger partial charge in [-0.15, -0.1) is 0 Å². The van der Waals surface area contributed by atoms with Crippen molar-refractivity contribution in [2.45, 2.75) is 32.4 Å². The number of carboxylic acid groups (broad SMARTS) is 1. The third-order valence-corrected chi connectivity index (χ3v) is 6.15. The van der Waals surface area contributed by atoms with Crippen LogP contribution in [0, 0.1) is 0 Å². The Bertz CT molecular complexity index is 610. The van der Waals surface area contributed by atoms with Crippen LogP contribution in [0.25, 0.3) is 0 Å². The molecule has 0 radical (unpaired) electrons. The lowest BCUT2D eigenvalue weighted by atomic mass is 10.0. The molecular weight excluding hydrogens is 316 g/mol. The van der Waals surface area contributed by atoms with Crippen LogP contribution in [0.4, 0.5) is 0 Å². The molecule has 1 aromatic carbocycles. The third-order valence-electron chi connectivity index (χ3n) is 4.26. The summed E-state index contributed by atoms with van der Waals surface area (Å²) in [5.41, 5.74) is 1.07. The van der Waals surface area contributed by atoms with Gasteiger partial charge in [-0.3, -0.25) is 9.69 Å². The van der Waals surface area contributed by atoms with E-state index >= 15 is 0 Å². The van der Waals surface area contributed by atoms with E-state index in [0.717, 1.165) is 5.56 Å². The molecule has 1 aliphatic rings. The number of benzene rings is 1. The molecule has 0 bridgehead atoms. The summed E-state index contributed by atoms with van der Waals surface area (Å²) in [6, 6.07) is 9.85. The standard InChI is InChI=1S/C16H24N2O4S/c1-2-23(21,22)18-10-8-15(9-11-18)17(13-16(19)20)12-14-6-4-3-5-7-14/h3-7,15H,2,8-13H2,1H3,(H,19,20). The Kier molecular flexibility index (Phi) is 6.15. The third kappa shape index (κ3) is 5.02. The number of rotatable bonds is 7. The molecular formula is C16H24N2O4S. The number of hydrogen-bond donors (Lipinski definition) is 1. The van der Waals surface area contributed by atoms with Crippen LogP contribution in [-0.4, -0.2) is 60.1 Å². The Hall–Kier alpha value is -1.44. The van der Waals surface area contributed by atoms with Gasteiger partial charge in [-0.1, -0.05) is 30.3 Å². The Morgan fingerprint density at radius 1 is 1.26 bits per heavy atom. The number of piperidine rings is 1. The number of nitrogens with zero attached hydrogens (tertiary/aromatic N) is 2. The van der Waals surface area contributed by atoms with Crippen LogP contribution in [0.15, 0.2) is 30.3 Å². The number of carboxylic acids is 1. The molecule has 7 heteroatoms. The van der Waals surface area contributed by atoms with E-state index in [1.54, 1.807) is 6.92 Å². The van der Waals surface area contributed by atoms with E-state index in [2.05, 4.69) is 0 Å². The molecule has 0 unspecified atom stereocenters. The molecule has 0 spiro atoms. The second kappa shape index (κ2) is 7.90. The van der Waals surface area contributed by atoms with Gasteiger partial charge in [0, 0.05) is 25.7 Å². The molecule has 1 aromatic rings. The summed E-state index contributed by atoms with van der Waals surface area (Å²) in [5.74, 6) is -0.745. The molecule has 1 heterocycles. The summed E-state index contributed by atoms with van der Waals surface area (Å²) in [4.78, 5) is 13.1. The van der Waals surface area contributed by atoms with Crippen LogP contribution in [-0.2, 0) is 21.4 Å². The van der Waals surface area contributed by atoms with Crippen LogP contribution in [0.5, 0.6) is 0 Å². The second-order valence-electron chi connectivity index (χ2n) is 5.82. The maximum absolute atomic E-state index is 11.9. The molecule has 0 amide bonds. The fourth-order valence-corrected chi connectivity index (χ4v) is 4.11. The zero-order valence-electron chi connectivity index (χ0n) is 13.4. The van der Waals surface area contributed by atoms with E-state index < -0.39 is 16.0 Å². The monoisotopic (exact) mass is 340 g/mol. The van der Waals surface area contributed by atoms with E-state index in [-0.39, 0.29) is 18.3 Å². The molecule has 0 aliphatic carbocycles. The average molecular weight is 340 g/mol. The van der Waals surface area contributed by atoms with Gasteiger partial charge < -0.3 is 5.11 Å². The normalized spacial score (nSPS) is 17.5. The predicted molar refractivity (Wildman–Crippen MR) is 88.5 cm³/mol. The molecule has 128 valence electrons.